The van der Waals surface area contributed by atoms with Crippen LogP contribution < -0.4 is 5.32 Å². The van der Waals surface area contributed by atoms with Crippen LogP contribution in [-0.2, 0) is 33.2 Å². The van der Waals surface area contributed by atoms with Crippen molar-refractivity contribution >= 4 is 35.5 Å². The van der Waals surface area contributed by atoms with Gasteiger partial charge in [-0.1, -0.05) is 60.3 Å². The van der Waals surface area contributed by atoms with Gasteiger partial charge in [-0.05, 0) is 35.4 Å². The van der Waals surface area contributed by atoms with E-state index in [0.29, 0.717) is 17.3 Å². The largest absolute Gasteiger partial charge is 0.444 e. The zero-order valence-corrected chi connectivity index (χ0v) is 22.6. The van der Waals surface area contributed by atoms with Gasteiger partial charge in [-0.15, -0.1) is 0 Å². The monoisotopic (exact) mass is 610 g/mol. The molecule has 3 aromatic carbocycles. The molecule has 42 heavy (non-hydrogen) atoms. The standard InChI is InChI=1S/C29H24F6N2O4S/c30-28(31,32)25-20(11-13-24(38)37-14-16-40-17-15-37)10-12-23(26(25)29(33,34)35)42-22-9-5-4-8-21(22)36-27(39)41-18-19-6-2-1-3-7-19/h1-13H,14-18H2,(H,36,39). The first-order valence-corrected chi connectivity index (χ1v) is 13.4. The zero-order valence-electron chi connectivity index (χ0n) is 21.8. The molecule has 0 spiro atoms. The summed E-state index contributed by atoms with van der Waals surface area (Å²) in [6.07, 6.45) is -10.1. The minimum absolute atomic E-state index is 0.0438. The molecule has 0 saturated carbocycles. The highest BCUT2D eigenvalue weighted by Gasteiger charge is 2.46. The Morgan fingerprint density at radius 3 is 2.17 bits per heavy atom. The Kier molecular flexibility index (Phi) is 9.84. The molecular formula is C29H24F6N2O4S. The maximum atomic E-state index is 14.3. The summed E-state index contributed by atoms with van der Waals surface area (Å²) in [6, 6.07) is 16.2. The number of carbonyl (C=O) groups is 2. The van der Waals surface area contributed by atoms with Gasteiger partial charge in [0.15, 0.2) is 0 Å². The molecule has 6 nitrogen and oxygen atoms in total. The van der Waals surface area contributed by atoms with E-state index in [0.717, 1.165) is 24.3 Å². The van der Waals surface area contributed by atoms with Crippen molar-refractivity contribution in [1.29, 1.82) is 0 Å². The summed E-state index contributed by atoms with van der Waals surface area (Å²) in [7, 11) is 0. The maximum Gasteiger partial charge on any atom is 0.418 e. The number of rotatable bonds is 7. The lowest BCUT2D eigenvalue weighted by Gasteiger charge is -2.25. The third kappa shape index (κ3) is 8.07. The van der Waals surface area contributed by atoms with Crippen molar-refractivity contribution in [3.8, 4) is 0 Å². The Bertz CT molecular complexity index is 1440. The molecule has 0 atom stereocenters. The molecule has 1 fully saturated rings. The summed E-state index contributed by atoms with van der Waals surface area (Å²) in [4.78, 5) is 25.4. The Hall–Kier alpha value is -3.97. The molecule has 0 aromatic heterocycles. The van der Waals surface area contributed by atoms with E-state index in [9.17, 15) is 35.9 Å². The molecule has 3 aromatic rings. The molecule has 0 unspecified atom stereocenters. The summed E-state index contributed by atoms with van der Waals surface area (Å²) in [5.74, 6) is -0.641. The number of anilines is 1. The van der Waals surface area contributed by atoms with Crippen LogP contribution in [0.2, 0.25) is 0 Å². The number of halogens is 6. The Labute approximate surface area is 241 Å². The number of para-hydroxylation sites is 1. The van der Waals surface area contributed by atoms with E-state index < -0.39 is 45.9 Å². The van der Waals surface area contributed by atoms with E-state index in [1.165, 1.54) is 29.2 Å². The number of ether oxygens (including phenoxy) is 2. The lowest BCUT2D eigenvalue weighted by molar-refractivity contribution is -0.163. The van der Waals surface area contributed by atoms with E-state index in [4.69, 9.17) is 9.47 Å². The molecule has 222 valence electrons. The van der Waals surface area contributed by atoms with E-state index in [-0.39, 0.29) is 43.5 Å². The molecule has 4 rings (SSSR count). The van der Waals surface area contributed by atoms with Gasteiger partial charge in [0, 0.05) is 29.0 Å². The van der Waals surface area contributed by atoms with Crippen LogP contribution in [0.3, 0.4) is 0 Å². The second-order valence-electron chi connectivity index (χ2n) is 8.95. The molecular weight excluding hydrogens is 586 g/mol. The minimum atomic E-state index is -5.40. The van der Waals surface area contributed by atoms with Gasteiger partial charge in [0.1, 0.15) is 6.61 Å². The van der Waals surface area contributed by atoms with Crippen LogP contribution in [0.1, 0.15) is 22.3 Å². The lowest BCUT2D eigenvalue weighted by Crippen LogP contribution is -2.39. The highest BCUT2D eigenvalue weighted by Crippen LogP contribution is 2.48. The van der Waals surface area contributed by atoms with Gasteiger partial charge in [0.25, 0.3) is 0 Å². The molecule has 0 aliphatic carbocycles. The fourth-order valence-corrected chi connectivity index (χ4v) is 5.18. The second kappa shape index (κ2) is 13.3. The van der Waals surface area contributed by atoms with Crippen molar-refractivity contribution in [2.75, 3.05) is 31.6 Å². The van der Waals surface area contributed by atoms with Gasteiger partial charge in [-0.25, -0.2) is 4.79 Å². The summed E-state index contributed by atoms with van der Waals surface area (Å²) in [6.45, 7) is 0.854. The lowest BCUT2D eigenvalue weighted by atomic mass is 9.99. The van der Waals surface area contributed by atoms with Crippen molar-refractivity contribution in [2.24, 2.45) is 0 Å². The normalized spacial score (nSPS) is 14.2. The van der Waals surface area contributed by atoms with Crippen LogP contribution in [0.4, 0.5) is 36.8 Å². The topological polar surface area (TPSA) is 67.9 Å². The summed E-state index contributed by atoms with van der Waals surface area (Å²) >= 11 is 0.407. The number of benzene rings is 3. The fourth-order valence-electron chi connectivity index (χ4n) is 4.11. The smallest absolute Gasteiger partial charge is 0.418 e. The zero-order chi connectivity index (χ0) is 30.3. The third-order valence-corrected chi connectivity index (χ3v) is 7.19. The molecule has 13 heteroatoms. The molecule has 2 amide bonds. The Morgan fingerprint density at radius 2 is 1.50 bits per heavy atom. The first-order chi connectivity index (χ1) is 19.9. The summed E-state index contributed by atoms with van der Waals surface area (Å²) in [5, 5.41) is 2.43. The van der Waals surface area contributed by atoms with Crippen LogP contribution in [0.15, 0.2) is 82.6 Å². The SMILES string of the molecule is O=C(Nc1ccccc1Sc1ccc(C=CC(=O)N2CCOCC2)c(C(F)(F)F)c1C(F)(F)F)OCc1ccccc1. The highest BCUT2D eigenvalue weighted by molar-refractivity contribution is 7.99. The average molecular weight is 611 g/mol. The average Bonchev–Trinajstić information content (AvgIpc) is 2.96. The number of morpholine rings is 1. The second-order valence-corrected chi connectivity index (χ2v) is 10.0. The first kappa shape index (κ1) is 31.0. The van der Waals surface area contributed by atoms with Crippen molar-refractivity contribution in [3.05, 3.63) is 95.1 Å². The number of carbonyl (C=O) groups excluding carboxylic acids is 2. The van der Waals surface area contributed by atoms with Crippen LogP contribution in [-0.4, -0.2) is 43.2 Å². The van der Waals surface area contributed by atoms with E-state index >= 15 is 0 Å². The number of hydrogen-bond acceptors (Lipinski definition) is 5. The minimum Gasteiger partial charge on any atom is -0.444 e. The van der Waals surface area contributed by atoms with Gasteiger partial charge in [-0.2, -0.15) is 26.3 Å². The van der Waals surface area contributed by atoms with E-state index in [2.05, 4.69) is 5.32 Å². The predicted molar refractivity (Wildman–Crippen MR) is 144 cm³/mol. The van der Waals surface area contributed by atoms with Crippen molar-refractivity contribution in [2.45, 2.75) is 28.8 Å². The molecule has 0 radical (unpaired) electrons. The van der Waals surface area contributed by atoms with Crippen LogP contribution >= 0.6 is 11.8 Å². The molecule has 1 saturated heterocycles. The maximum absolute atomic E-state index is 14.3. The summed E-state index contributed by atoms with van der Waals surface area (Å²) in [5.41, 5.74) is -3.88. The number of hydrogen-bond donors (Lipinski definition) is 1. The number of nitrogens with one attached hydrogen (secondary N) is 1. The Morgan fingerprint density at radius 1 is 0.857 bits per heavy atom. The van der Waals surface area contributed by atoms with Crippen molar-refractivity contribution in [1.82, 2.24) is 4.90 Å². The first-order valence-electron chi connectivity index (χ1n) is 12.5. The predicted octanol–water partition coefficient (Wildman–Crippen LogP) is 7.50. The third-order valence-electron chi connectivity index (χ3n) is 6.05. The molecule has 1 N–H and O–H groups in total. The van der Waals surface area contributed by atoms with Gasteiger partial charge >= 0.3 is 18.4 Å². The van der Waals surface area contributed by atoms with Crippen LogP contribution in [0.5, 0.6) is 0 Å². The van der Waals surface area contributed by atoms with Crippen LogP contribution in [0, 0.1) is 0 Å². The van der Waals surface area contributed by atoms with Crippen molar-refractivity contribution < 1.29 is 45.4 Å². The van der Waals surface area contributed by atoms with Crippen LogP contribution in [0.25, 0.3) is 6.08 Å². The quantitative estimate of drug-likeness (QED) is 0.222. The fraction of sp³-hybridized carbons (Fsp3) is 0.241. The van der Waals surface area contributed by atoms with Gasteiger partial charge in [-0.3, -0.25) is 10.1 Å². The molecule has 1 aliphatic rings. The van der Waals surface area contributed by atoms with E-state index in [1.807, 2.05) is 0 Å². The van der Waals surface area contributed by atoms with Gasteiger partial charge < -0.3 is 14.4 Å². The van der Waals surface area contributed by atoms with E-state index in [1.54, 1.807) is 30.3 Å². The Balaban J connectivity index is 1.64. The van der Waals surface area contributed by atoms with Crippen molar-refractivity contribution in [3.63, 3.8) is 0 Å². The number of nitrogens with zero attached hydrogens (tertiary/aromatic N) is 1. The van der Waals surface area contributed by atoms with Gasteiger partial charge in [0.05, 0.1) is 30.0 Å². The highest BCUT2D eigenvalue weighted by atomic mass is 32.2. The molecule has 0 bridgehead atoms. The molecule has 1 heterocycles. The molecule has 1 aliphatic heterocycles. The number of amides is 2. The van der Waals surface area contributed by atoms with Gasteiger partial charge in [0.2, 0.25) is 5.91 Å². The number of alkyl halides is 6. The summed E-state index contributed by atoms with van der Waals surface area (Å²) < 4.78 is 95.6.